The summed E-state index contributed by atoms with van der Waals surface area (Å²) < 4.78 is 38.8. The summed E-state index contributed by atoms with van der Waals surface area (Å²) in [6, 6.07) is 20.0. The van der Waals surface area contributed by atoms with Crippen LogP contribution in [0.25, 0.3) is 11.1 Å². The number of aliphatic hydroxyl groups excluding tert-OH is 2. The fourth-order valence-corrected chi connectivity index (χ4v) is 6.81. The van der Waals surface area contributed by atoms with E-state index < -0.39 is 33.7 Å². The molecule has 0 aliphatic heterocycles. The maximum atomic E-state index is 13.1. The second-order valence-corrected chi connectivity index (χ2v) is 15.7. The average molecular weight is 710 g/mol. The van der Waals surface area contributed by atoms with Gasteiger partial charge in [0.15, 0.2) is 0 Å². The number of sulfonamides is 1. The van der Waals surface area contributed by atoms with E-state index in [9.17, 15) is 23.1 Å². The van der Waals surface area contributed by atoms with Crippen molar-refractivity contribution in [1.82, 2.24) is 9.62 Å². The number of ether oxygens (including phenoxy) is 2. The number of benzene rings is 3. The zero-order valence-electron chi connectivity index (χ0n) is 29.3. The third-order valence-electron chi connectivity index (χ3n) is 8.44. The maximum absolute atomic E-state index is 13.1. The van der Waals surface area contributed by atoms with Crippen LogP contribution in [-0.2, 0) is 21.2 Å². The van der Waals surface area contributed by atoms with Crippen molar-refractivity contribution in [2.24, 2.45) is 0 Å². The fourth-order valence-electron chi connectivity index (χ4n) is 5.81. The summed E-state index contributed by atoms with van der Waals surface area (Å²) in [5.41, 5.74) is 9.26. The Balaban J connectivity index is 1.45. The number of nitrogens with one attached hydrogen (secondary N) is 1. The van der Waals surface area contributed by atoms with Crippen molar-refractivity contribution >= 4 is 27.7 Å². The molecule has 1 aliphatic rings. The Morgan fingerprint density at radius 1 is 0.960 bits per heavy atom. The first-order chi connectivity index (χ1) is 23.7. The SMILES string of the molecule is CC(C)(C)OC(=O)N(CCCc1ccc(-c2ccc(C(=O)NS(=O)(=O)CCCO)c(OC3CCCCC3)c2)cc1)C[C@H](O)c1ccc(N)cc1. The van der Waals surface area contributed by atoms with Gasteiger partial charge in [-0.3, -0.25) is 4.79 Å². The van der Waals surface area contributed by atoms with Gasteiger partial charge < -0.3 is 30.3 Å². The number of carbonyl (C=O) groups excluding carboxylic acids is 2. The van der Waals surface area contributed by atoms with Gasteiger partial charge >= 0.3 is 6.09 Å². The number of nitrogens with two attached hydrogens (primary N) is 1. The van der Waals surface area contributed by atoms with Crippen molar-refractivity contribution in [3.8, 4) is 16.9 Å². The number of nitrogens with zero attached hydrogens (tertiary/aromatic N) is 1. The second-order valence-electron chi connectivity index (χ2n) is 13.8. The van der Waals surface area contributed by atoms with Crippen LogP contribution in [0.5, 0.6) is 5.75 Å². The van der Waals surface area contributed by atoms with Crippen LogP contribution in [0.15, 0.2) is 66.7 Å². The van der Waals surface area contributed by atoms with E-state index in [0.29, 0.717) is 36.4 Å². The second kappa shape index (κ2) is 17.7. The first kappa shape index (κ1) is 38.7. The molecule has 1 atom stereocenters. The van der Waals surface area contributed by atoms with E-state index in [-0.39, 0.29) is 37.0 Å². The molecule has 12 heteroatoms. The Labute approximate surface area is 295 Å². The number of anilines is 1. The normalized spacial score (nSPS) is 14.5. The molecule has 0 saturated heterocycles. The van der Waals surface area contributed by atoms with Crippen LogP contribution in [0.2, 0.25) is 0 Å². The quantitative estimate of drug-likeness (QED) is 0.139. The standard InChI is InChI=1S/C38H51N3O8S/c1-38(2,3)49-37(45)41(26-34(43)29-16-19-31(39)20-17-29)22-7-9-27-12-14-28(15-13-27)30-18-21-33(36(44)40-50(46,47)24-8-23-42)35(25-30)48-32-10-5-4-6-11-32/h12-21,25,32,34,42-43H,4-11,22-24,26,39H2,1-3H3,(H,40,44)/t34-/m0/s1. The van der Waals surface area contributed by atoms with Gasteiger partial charge in [0.25, 0.3) is 5.91 Å². The van der Waals surface area contributed by atoms with Gasteiger partial charge in [0, 0.05) is 18.8 Å². The molecule has 0 unspecified atom stereocenters. The van der Waals surface area contributed by atoms with Gasteiger partial charge in [-0.25, -0.2) is 17.9 Å². The average Bonchev–Trinajstić information content (AvgIpc) is 3.07. The molecule has 11 nitrogen and oxygen atoms in total. The lowest BCUT2D eigenvalue weighted by molar-refractivity contribution is 0.0142. The van der Waals surface area contributed by atoms with E-state index in [0.717, 1.165) is 48.8 Å². The molecular formula is C38H51N3O8S. The Morgan fingerprint density at radius 3 is 2.26 bits per heavy atom. The molecule has 0 bridgehead atoms. The molecule has 1 fully saturated rings. The molecule has 1 aliphatic carbocycles. The van der Waals surface area contributed by atoms with Gasteiger partial charge in [-0.1, -0.05) is 48.9 Å². The van der Waals surface area contributed by atoms with Crippen molar-refractivity contribution in [1.29, 1.82) is 0 Å². The minimum atomic E-state index is -3.92. The highest BCUT2D eigenvalue weighted by atomic mass is 32.2. The Kier molecular flexibility index (Phi) is 13.7. The topological polar surface area (TPSA) is 168 Å². The number of aryl methyl sites for hydroxylation is 1. The fraction of sp³-hybridized carbons (Fsp3) is 0.474. The van der Waals surface area contributed by atoms with Gasteiger partial charge in [0.05, 0.1) is 30.1 Å². The smallest absolute Gasteiger partial charge is 0.410 e. The lowest BCUT2D eigenvalue weighted by atomic mass is 9.97. The minimum absolute atomic E-state index is 0.0264. The Hall–Kier alpha value is -4.13. The number of hydrogen-bond acceptors (Lipinski definition) is 9. The summed E-state index contributed by atoms with van der Waals surface area (Å²) in [6.45, 7) is 5.58. The van der Waals surface area contributed by atoms with Crippen LogP contribution < -0.4 is 15.2 Å². The van der Waals surface area contributed by atoms with Crippen LogP contribution in [0.3, 0.4) is 0 Å². The molecule has 3 aromatic carbocycles. The van der Waals surface area contributed by atoms with E-state index in [1.165, 1.54) is 4.90 Å². The van der Waals surface area contributed by atoms with Crippen LogP contribution in [-0.4, -0.2) is 72.7 Å². The van der Waals surface area contributed by atoms with Crippen molar-refractivity contribution in [2.45, 2.75) is 89.9 Å². The molecule has 50 heavy (non-hydrogen) atoms. The highest BCUT2D eigenvalue weighted by Gasteiger charge is 2.25. The maximum Gasteiger partial charge on any atom is 0.410 e. The molecule has 0 radical (unpaired) electrons. The summed E-state index contributed by atoms with van der Waals surface area (Å²) in [7, 11) is -3.92. The zero-order chi connectivity index (χ0) is 36.3. The first-order valence-corrected chi connectivity index (χ1v) is 19.0. The van der Waals surface area contributed by atoms with Gasteiger partial charge in [-0.2, -0.15) is 0 Å². The third kappa shape index (κ3) is 12.0. The van der Waals surface area contributed by atoms with E-state index >= 15 is 0 Å². The van der Waals surface area contributed by atoms with Crippen molar-refractivity contribution in [3.05, 3.63) is 83.4 Å². The van der Waals surface area contributed by atoms with Crippen LogP contribution in [0, 0.1) is 0 Å². The molecule has 3 aromatic rings. The Bertz CT molecular complexity index is 1670. The number of rotatable bonds is 15. The zero-order valence-corrected chi connectivity index (χ0v) is 30.1. The van der Waals surface area contributed by atoms with Crippen LogP contribution in [0.1, 0.15) is 93.3 Å². The summed E-state index contributed by atoms with van der Waals surface area (Å²) in [5, 5.41) is 19.9. The number of amides is 2. The third-order valence-corrected chi connectivity index (χ3v) is 9.76. The van der Waals surface area contributed by atoms with E-state index in [4.69, 9.17) is 20.3 Å². The van der Waals surface area contributed by atoms with Gasteiger partial charge in [-0.15, -0.1) is 0 Å². The minimum Gasteiger partial charge on any atom is -0.490 e. The summed E-state index contributed by atoms with van der Waals surface area (Å²) >= 11 is 0. The van der Waals surface area contributed by atoms with Gasteiger partial charge in [-0.05, 0) is 112 Å². The lowest BCUT2D eigenvalue weighted by Gasteiger charge is -2.29. The predicted molar refractivity (Wildman–Crippen MR) is 194 cm³/mol. The molecule has 0 spiro atoms. The molecule has 0 aromatic heterocycles. The molecular weight excluding hydrogens is 658 g/mol. The molecule has 0 heterocycles. The van der Waals surface area contributed by atoms with Gasteiger partial charge in [0.2, 0.25) is 10.0 Å². The molecule has 272 valence electrons. The number of nitrogen functional groups attached to an aromatic ring is 1. The monoisotopic (exact) mass is 709 g/mol. The van der Waals surface area contributed by atoms with Crippen molar-refractivity contribution in [2.75, 3.05) is 31.2 Å². The summed E-state index contributed by atoms with van der Waals surface area (Å²) in [5.74, 6) is -0.794. The summed E-state index contributed by atoms with van der Waals surface area (Å²) in [4.78, 5) is 27.7. The highest BCUT2D eigenvalue weighted by molar-refractivity contribution is 7.90. The number of hydrogen-bond donors (Lipinski definition) is 4. The van der Waals surface area contributed by atoms with Crippen molar-refractivity contribution < 1.29 is 37.7 Å². The van der Waals surface area contributed by atoms with Crippen molar-refractivity contribution in [3.63, 3.8) is 0 Å². The van der Waals surface area contributed by atoms with E-state index in [1.54, 1.807) is 63.2 Å². The first-order valence-electron chi connectivity index (χ1n) is 17.3. The van der Waals surface area contributed by atoms with Gasteiger partial charge in [0.1, 0.15) is 11.4 Å². The molecule has 2 amide bonds. The molecule has 4 rings (SSSR count). The predicted octanol–water partition coefficient (Wildman–Crippen LogP) is 5.99. The lowest BCUT2D eigenvalue weighted by Crippen LogP contribution is -2.40. The molecule has 1 saturated carbocycles. The highest BCUT2D eigenvalue weighted by Crippen LogP contribution is 2.31. The number of carbonyl (C=O) groups is 2. The largest absolute Gasteiger partial charge is 0.490 e. The Morgan fingerprint density at radius 2 is 1.62 bits per heavy atom. The van der Waals surface area contributed by atoms with Crippen LogP contribution in [0.4, 0.5) is 10.5 Å². The van der Waals surface area contributed by atoms with E-state index in [2.05, 4.69) is 4.72 Å². The van der Waals surface area contributed by atoms with Crippen LogP contribution >= 0.6 is 0 Å². The number of aliphatic hydroxyl groups is 2. The summed E-state index contributed by atoms with van der Waals surface area (Å²) in [6.07, 6.45) is 4.80. The van der Waals surface area contributed by atoms with E-state index in [1.807, 2.05) is 24.3 Å². The molecule has 5 N–H and O–H groups in total.